The number of hydrogen-bond donors (Lipinski definition) is 1. The van der Waals surface area contributed by atoms with Crippen molar-refractivity contribution in [2.75, 3.05) is 0 Å². The number of allylic oxidation sites excluding steroid dienone is 4. The van der Waals surface area contributed by atoms with Crippen LogP contribution in [0.1, 0.15) is 48.5 Å². The molecule has 2 nitrogen and oxygen atoms in total. The standard InChI is InChI=1S/C14H24N2/c1-10-8-11(13(2,3)4)15-16-12(9-10)14(5,6)7/h8-9,15H,1-7H3. The first-order valence-corrected chi connectivity index (χ1v) is 5.85. The lowest BCUT2D eigenvalue weighted by molar-refractivity contribution is 0.463. The maximum atomic E-state index is 4.51. The summed E-state index contributed by atoms with van der Waals surface area (Å²) >= 11 is 0. The Morgan fingerprint density at radius 2 is 1.50 bits per heavy atom. The average molecular weight is 220 g/mol. The van der Waals surface area contributed by atoms with E-state index in [0.717, 1.165) is 5.71 Å². The highest BCUT2D eigenvalue weighted by Gasteiger charge is 2.22. The molecule has 0 bridgehead atoms. The number of nitrogens with zero attached hydrogens (tertiary/aromatic N) is 1. The summed E-state index contributed by atoms with van der Waals surface area (Å²) in [6.07, 6.45) is 4.34. The van der Waals surface area contributed by atoms with Gasteiger partial charge in [0.15, 0.2) is 0 Å². The van der Waals surface area contributed by atoms with E-state index in [-0.39, 0.29) is 10.8 Å². The van der Waals surface area contributed by atoms with E-state index in [9.17, 15) is 0 Å². The number of hydrazone groups is 1. The van der Waals surface area contributed by atoms with Crippen LogP contribution in [0.3, 0.4) is 0 Å². The SMILES string of the molecule is CC1=CC(C(C)(C)C)=NNC(C(C)(C)C)=C1. The predicted molar refractivity (Wildman–Crippen MR) is 71.3 cm³/mol. The van der Waals surface area contributed by atoms with Gasteiger partial charge in [0.1, 0.15) is 0 Å². The third-order valence-electron chi connectivity index (χ3n) is 2.61. The first-order chi connectivity index (χ1) is 7.10. The van der Waals surface area contributed by atoms with Gasteiger partial charge in [0.25, 0.3) is 0 Å². The predicted octanol–water partition coefficient (Wildman–Crippen LogP) is 3.87. The maximum Gasteiger partial charge on any atom is 0.0663 e. The van der Waals surface area contributed by atoms with Gasteiger partial charge in [-0.1, -0.05) is 41.5 Å². The second-order valence-electron chi connectivity index (χ2n) is 6.56. The Labute approximate surface area is 99.5 Å². The lowest BCUT2D eigenvalue weighted by Gasteiger charge is -2.23. The molecule has 0 spiro atoms. The van der Waals surface area contributed by atoms with Gasteiger partial charge in [-0.25, -0.2) is 0 Å². The van der Waals surface area contributed by atoms with Gasteiger partial charge >= 0.3 is 0 Å². The molecule has 1 aliphatic heterocycles. The minimum absolute atomic E-state index is 0.0788. The van der Waals surface area contributed by atoms with E-state index in [1.165, 1.54) is 11.3 Å². The Morgan fingerprint density at radius 3 is 1.94 bits per heavy atom. The molecule has 2 heteroatoms. The Hall–Kier alpha value is -1.05. The Balaban J connectivity index is 3.07. The van der Waals surface area contributed by atoms with Crippen LogP contribution in [0.2, 0.25) is 0 Å². The minimum atomic E-state index is 0.0788. The van der Waals surface area contributed by atoms with E-state index >= 15 is 0 Å². The van der Waals surface area contributed by atoms with Crippen LogP contribution in [0.4, 0.5) is 0 Å². The number of hydrogen-bond acceptors (Lipinski definition) is 2. The molecule has 0 fully saturated rings. The lowest BCUT2D eigenvalue weighted by atomic mass is 9.88. The molecular formula is C14H24N2. The van der Waals surface area contributed by atoms with Crippen molar-refractivity contribution in [2.45, 2.75) is 48.5 Å². The molecule has 0 aromatic heterocycles. The molecule has 16 heavy (non-hydrogen) atoms. The molecule has 0 aliphatic carbocycles. The first kappa shape index (κ1) is 13.0. The van der Waals surface area contributed by atoms with E-state index < -0.39 is 0 Å². The van der Waals surface area contributed by atoms with Gasteiger partial charge in [0, 0.05) is 16.5 Å². The fourth-order valence-electron chi connectivity index (χ4n) is 1.44. The van der Waals surface area contributed by atoms with Gasteiger partial charge in [0.05, 0.1) is 5.71 Å². The van der Waals surface area contributed by atoms with Crippen molar-refractivity contribution < 1.29 is 0 Å². The molecule has 0 unspecified atom stereocenters. The number of nitrogens with one attached hydrogen (secondary N) is 1. The quantitative estimate of drug-likeness (QED) is 0.658. The molecule has 0 atom stereocenters. The van der Waals surface area contributed by atoms with Gasteiger partial charge in [-0.15, -0.1) is 0 Å². The maximum absolute atomic E-state index is 4.51. The van der Waals surface area contributed by atoms with Crippen LogP contribution in [0.25, 0.3) is 0 Å². The topological polar surface area (TPSA) is 24.4 Å². The van der Waals surface area contributed by atoms with Crippen LogP contribution in [0, 0.1) is 10.8 Å². The van der Waals surface area contributed by atoms with Gasteiger partial charge in [-0.3, -0.25) is 5.43 Å². The van der Waals surface area contributed by atoms with Crippen molar-refractivity contribution in [1.82, 2.24) is 5.43 Å². The first-order valence-electron chi connectivity index (χ1n) is 5.85. The van der Waals surface area contributed by atoms with Crippen LogP contribution >= 0.6 is 0 Å². The highest BCUT2D eigenvalue weighted by Crippen LogP contribution is 2.27. The molecule has 1 heterocycles. The Kier molecular flexibility index (Phi) is 3.32. The summed E-state index contributed by atoms with van der Waals surface area (Å²) in [7, 11) is 0. The average Bonchev–Trinajstić information content (AvgIpc) is 2.24. The van der Waals surface area contributed by atoms with Crippen molar-refractivity contribution in [2.24, 2.45) is 15.9 Å². The van der Waals surface area contributed by atoms with Crippen LogP contribution in [0.5, 0.6) is 0 Å². The zero-order valence-corrected chi connectivity index (χ0v) is 11.6. The van der Waals surface area contributed by atoms with Crippen molar-refractivity contribution in [3.8, 4) is 0 Å². The normalized spacial score (nSPS) is 18.1. The second kappa shape index (κ2) is 4.08. The third-order valence-corrected chi connectivity index (χ3v) is 2.61. The van der Waals surface area contributed by atoms with E-state index in [1.54, 1.807) is 0 Å². The Morgan fingerprint density at radius 1 is 0.938 bits per heavy atom. The summed E-state index contributed by atoms with van der Waals surface area (Å²) in [5.41, 5.74) is 6.91. The largest absolute Gasteiger partial charge is 0.282 e. The van der Waals surface area contributed by atoms with Crippen molar-refractivity contribution >= 4 is 5.71 Å². The van der Waals surface area contributed by atoms with Crippen molar-refractivity contribution in [3.63, 3.8) is 0 Å². The zero-order chi connectivity index (χ0) is 12.6. The summed E-state index contributed by atoms with van der Waals surface area (Å²) < 4.78 is 0. The van der Waals surface area contributed by atoms with Gasteiger partial charge in [0.2, 0.25) is 0 Å². The summed E-state index contributed by atoms with van der Waals surface area (Å²) in [6.45, 7) is 15.2. The highest BCUT2D eigenvalue weighted by atomic mass is 15.3. The number of rotatable bonds is 0. The summed E-state index contributed by atoms with van der Waals surface area (Å²) in [4.78, 5) is 0. The van der Waals surface area contributed by atoms with Crippen LogP contribution in [0.15, 0.2) is 28.5 Å². The monoisotopic (exact) mass is 220 g/mol. The lowest BCUT2D eigenvalue weighted by Crippen LogP contribution is -2.24. The van der Waals surface area contributed by atoms with Crippen LogP contribution in [-0.2, 0) is 0 Å². The third kappa shape index (κ3) is 3.22. The fourth-order valence-corrected chi connectivity index (χ4v) is 1.44. The van der Waals surface area contributed by atoms with E-state index in [0.29, 0.717) is 0 Å². The van der Waals surface area contributed by atoms with E-state index in [4.69, 9.17) is 0 Å². The molecule has 0 amide bonds. The smallest absolute Gasteiger partial charge is 0.0663 e. The molecule has 0 radical (unpaired) electrons. The molecule has 90 valence electrons. The molecule has 1 rings (SSSR count). The zero-order valence-electron chi connectivity index (χ0n) is 11.6. The molecule has 0 saturated carbocycles. The molecule has 0 aromatic carbocycles. The van der Waals surface area contributed by atoms with Gasteiger partial charge in [-0.05, 0) is 24.6 Å². The van der Waals surface area contributed by atoms with Crippen molar-refractivity contribution in [3.05, 3.63) is 23.4 Å². The molecule has 0 saturated heterocycles. The van der Waals surface area contributed by atoms with E-state index in [1.807, 2.05) is 0 Å². The summed E-state index contributed by atoms with van der Waals surface area (Å²) in [6, 6.07) is 0. The Bertz CT molecular complexity index is 357. The molecule has 1 aliphatic rings. The van der Waals surface area contributed by atoms with Crippen LogP contribution in [-0.4, -0.2) is 5.71 Å². The highest BCUT2D eigenvalue weighted by molar-refractivity contribution is 5.99. The van der Waals surface area contributed by atoms with Gasteiger partial charge in [-0.2, -0.15) is 5.10 Å². The van der Waals surface area contributed by atoms with Gasteiger partial charge < -0.3 is 0 Å². The molecule has 1 N–H and O–H groups in total. The molecular weight excluding hydrogens is 196 g/mol. The van der Waals surface area contributed by atoms with E-state index in [2.05, 4.69) is 71.1 Å². The summed E-state index contributed by atoms with van der Waals surface area (Å²) in [5.74, 6) is 0. The minimum Gasteiger partial charge on any atom is -0.282 e. The second-order valence-corrected chi connectivity index (χ2v) is 6.56. The molecule has 0 aromatic rings. The van der Waals surface area contributed by atoms with Crippen LogP contribution < -0.4 is 5.43 Å². The van der Waals surface area contributed by atoms with Crippen molar-refractivity contribution in [1.29, 1.82) is 0 Å². The fraction of sp³-hybridized carbons (Fsp3) is 0.643. The summed E-state index contributed by atoms with van der Waals surface area (Å²) in [5, 5.41) is 4.51.